The van der Waals surface area contributed by atoms with Crippen LogP contribution in [0.1, 0.15) is 33.8 Å². The van der Waals surface area contributed by atoms with Crippen molar-refractivity contribution in [1.29, 1.82) is 0 Å². The maximum atomic E-state index is 13.4. The Balaban J connectivity index is 1.78. The van der Waals surface area contributed by atoms with E-state index in [1.54, 1.807) is 6.07 Å². The Kier molecular flexibility index (Phi) is 3.96. The lowest BCUT2D eigenvalue weighted by molar-refractivity contribution is 0.0692. The third-order valence-corrected chi connectivity index (χ3v) is 6.33. The molecular formula is C19H16FNO5S. The highest BCUT2D eigenvalue weighted by atomic mass is 32.2. The standard InChI is InChI=1S/C19H16FNO5S/c1-2-10-7-12(20)3-6-16(10)27(24,25)21-15-5-4-13-14-8-11(14)9-26-18(13)17(15)19(22)23/h2-7,11,14,21H,1,8-9H2,(H,22,23)/t11?,14-/m0/s1. The molecular weight excluding hydrogens is 373 g/mol. The predicted molar refractivity (Wildman–Crippen MR) is 97.0 cm³/mol. The van der Waals surface area contributed by atoms with Crippen LogP contribution in [-0.4, -0.2) is 26.1 Å². The summed E-state index contributed by atoms with van der Waals surface area (Å²) in [4.78, 5) is 11.6. The average Bonchev–Trinajstić information content (AvgIpc) is 3.40. The summed E-state index contributed by atoms with van der Waals surface area (Å²) in [6.07, 6.45) is 2.16. The van der Waals surface area contributed by atoms with Gasteiger partial charge in [-0.05, 0) is 47.7 Å². The minimum Gasteiger partial charge on any atom is -0.492 e. The van der Waals surface area contributed by atoms with E-state index in [9.17, 15) is 22.7 Å². The van der Waals surface area contributed by atoms with E-state index in [4.69, 9.17) is 4.74 Å². The maximum absolute atomic E-state index is 13.4. The summed E-state index contributed by atoms with van der Waals surface area (Å²) in [6, 6.07) is 6.30. The van der Waals surface area contributed by atoms with Crippen molar-refractivity contribution in [2.24, 2.45) is 5.92 Å². The molecule has 1 aliphatic carbocycles. The molecule has 1 saturated carbocycles. The van der Waals surface area contributed by atoms with E-state index in [2.05, 4.69) is 11.3 Å². The van der Waals surface area contributed by atoms with Gasteiger partial charge in [0.2, 0.25) is 0 Å². The lowest BCUT2D eigenvalue weighted by Crippen LogP contribution is -2.19. The number of rotatable bonds is 5. The molecule has 2 aromatic rings. The first-order valence-corrected chi connectivity index (χ1v) is 9.78. The molecule has 1 fully saturated rings. The second kappa shape index (κ2) is 6.09. The molecule has 0 radical (unpaired) electrons. The predicted octanol–water partition coefficient (Wildman–Crippen LogP) is 3.46. The van der Waals surface area contributed by atoms with E-state index >= 15 is 0 Å². The lowest BCUT2D eigenvalue weighted by atomic mass is 10.0. The number of fused-ring (bicyclic) bond motifs is 3. The lowest BCUT2D eigenvalue weighted by Gasteiger charge is -2.21. The van der Waals surface area contributed by atoms with Crippen molar-refractivity contribution in [2.45, 2.75) is 17.2 Å². The molecule has 2 N–H and O–H groups in total. The molecule has 0 bridgehead atoms. The van der Waals surface area contributed by atoms with Crippen LogP contribution < -0.4 is 9.46 Å². The molecule has 140 valence electrons. The first-order valence-electron chi connectivity index (χ1n) is 8.29. The van der Waals surface area contributed by atoms with Gasteiger partial charge in [-0.25, -0.2) is 17.6 Å². The number of nitrogens with one attached hydrogen (secondary N) is 1. The minimum absolute atomic E-state index is 0.0782. The van der Waals surface area contributed by atoms with Crippen LogP contribution in [-0.2, 0) is 10.0 Å². The zero-order chi connectivity index (χ0) is 19.3. The quantitative estimate of drug-likeness (QED) is 0.817. The van der Waals surface area contributed by atoms with Gasteiger partial charge in [0, 0.05) is 5.92 Å². The Hall–Kier alpha value is -2.87. The highest BCUT2D eigenvalue weighted by Crippen LogP contribution is 2.55. The minimum atomic E-state index is -4.17. The van der Waals surface area contributed by atoms with Gasteiger partial charge in [0.25, 0.3) is 10.0 Å². The van der Waals surface area contributed by atoms with Crippen LogP contribution in [0.3, 0.4) is 0 Å². The number of sulfonamides is 1. The van der Waals surface area contributed by atoms with E-state index < -0.39 is 21.8 Å². The van der Waals surface area contributed by atoms with Crippen LogP contribution in [0.5, 0.6) is 5.75 Å². The van der Waals surface area contributed by atoms with Crippen molar-refractivity contribution in [3.05, 3.63) is 59.4 Å². The van der Waals surface area contributed by atoms with Crippen molar-refractivity contribution < 1.29 is 27.4 Å². The Bertz CT molecular complexity index is 1080. The molecule has 2 aromatic carbocycles. The monoisotopic (exact) mass is 389 g/mol. The molecule has 0 spiro atoms. The molecule has 2 atom stereocenters. The summed E-state index contributed by atoms with van der Waals surface area (Å²) in [5.41, 5.74) is 0.554. The number of hydrogen-bond acceptors (Lipinski definition) is 4. The Morgan fingerprint density at radius 1 is 1.33 bits per heavy atom. The summed E-state index contributed by atoms with van der Waals surface area (Å²) in [6.45, 7) is 3.92. The van der Waals surface area contributed by atoms with E-state index in [1.807, 2.05) is 0 Å². The summed E-state index contributed by atoms with van der Waals surface area (Å²) in [5, 5.41) is 9.65. The molecule has 8 heteroatoms. The van der Waals surface area contributed by atoms with Crippen molar-refractivity contribution in [2.75, 3.05) is 11.3 Å². The van der Waals surface area contributed by atoms with E-state index in [0.717, 1.165) is 30.2 Å². The van der Waals surface area contributed by atoms with Crippen LogP contribution in [0.4, 0.5) is 10.1 Å². The highest BCUT2D eigenvalue weighted by Gasteiger charge is 2.45. The van der Waals surface area contributed by atoms with Gasteiger partial charge in [-0.1, -0.05) is 18.7 Å². The largest absolute Gasteiger partial charge is 0.492 e. The summed E-state index contributed by atoms with van der Waals surface area (Å²) in [7, 11) is -4.17. The van der Waals surface area contributed by atoms with Gasteiger partial charge < -0.3 is 9.84 Å². The molecule has 27 heavy (non-hydrogen) atoms. The van der Waals surface area contributed by atoms with E-state index in [0.29, 0.717) is 12.5 Å². The zero-order valence-electron chi connectivity index (χ0n) is 14.1. The number of ether oxygens (including phenoxy) is 1. The highest BCUT2D eigenvalue weighted by molar-refractivity contribution is 7.92. The SMILES string of the molecule is C=Cc1cc(F)ccc1S(=O)(=O)Nc1ccc2c(c1C(=O)O)OCC1C[C@H]21. The number of hydrogen-bond donors (Lipinski definition) is 2. The fourth-order valence-corrected chi connectivity index (χ4v) is 4.74. The second-order valence-corrected chi connectivity index (χ2v) is 8.27. The molecule has 2 aliphatic rings. The summed E-state index contributed by atoms with van der Waals surface area (Å²) < 4.78 is 46.9. The third kappa shape index (κ3) is 2.95. The Labute approximate surface area is 155 Å². The van der Waals surface area contributed by atoms with Crippen LogP contribution in [0, 0.1) is 11.7 Å². The van der Waals surface area contributed by atoms with Crippen molar-refractivity contribution >= 4 is 27.8 Å². The Morgan fingerprint density at radius 2 is 2.11 bits per heavy atom. The van der Waals surface area contributed by atoms with E-state index in [1.165, 1.54) is 12.1 Å². The molecule has 6 nitrogen and oxygen atoms in total. The van der Waals surface area contributed by atoms with Gasteiger partial charge in [0.05, 0.1) is 17.2 Å². The molecule has 0 amide bonds. The van der Waals surface area contributed by atoms with Gasteiger partial charge in [-0.15, -0.1) is 0 Å². The smallest absolute Gasteiger partial charge is 0.341 e. The second-order valence-electron chi connectivity index (χ2n) is 6.62. The van der Waals surface area contributed by atoms with Gasteiger partial charge in [-0.3, -0.25) is 4.72 Å². The number of carboxylic acids is 1. The van der Waals surface area contributed by atoms with Crippen LogP contribution in [0.2, 0.25) is 0 Å². The number of halogens is 1. The normalized spacial score (nSPS) is 20.0. The van der Waals surface area contributed by atoms with Gasteiger partial charge in [-0.2, -0.15) is 0 Å². The first-order chi connectivity index (χ1) is 12.8. The summed E-state index contributed by atoms with van der Waals surface area (Å²) in [5.74, 6) is -1.01. The summed E-state index contributed by atoms with van der Waals surface area (Å²) >= 11 is 0. The molecule has 0 saturated heterocycles. The number of anilines is 1. The molecule has 1 heterocycles. The van der Waals surface area contributed by atoms with Crippen molar-refractivity contribution in [1.82, 2.24) is 0 Å². The average molecular weight is 389 g/mol. The van der Waals surface area contributed by atoms with Gasteiger partial charge >= 0.3 is 5.97 Å². The van der Waals surface area contributed by atoms with Crippen molar-refractivity contribution in [3.8, 4) is 5.75 Å². The number of benzene rings is 2. The van der Waals surface area contributed by atoms with Crippen LogP contribution in [0.25, 0.3) is 6.08 Å². The fraction of sp³-hybridized carbons (Fsp3) is 0.211. The van der Waals surface area contributed by atoms with Gasteiger partial charge in [0.1, 0.15) is 17.1 Å². The molecule has 0 aromatic heterocycles. The maximum Gasteiger partial charge on any atom is 0.341 e. The van der Waals surface area contributed by atoms with Crippen LogP contribution in [0.15, 0.2) is 41.8 Å². The first kappa shape index (κ1) is 17.5. The third-order valence-electron chi connectivity index (χ3n) is 4.89. The van der Waals surface area contributed by atoms with E-state index in [-0.39, 0.29) is 33.4 Å². The number of carbonyl (C=O) groups is 1. The molecule has 4 rings (SSSR count). The molecule has 1 unspecified atom stereocenters. The number of aromatic carboxylic acids is 1. The fourth-order valence-electron chi connectivity index (χ4n) is 3.47. The van der Waals surface area contributed by atoms with Crippen molar-refractivity contribution in [3.63, 3.8) is 0 Å². The topological polar surface area (TPSA) is 92.7 Å². The Morgan fingerprint density at radius 3 is 2.81 bits per heavy atom. The van der Waals surface area contributed by atoms with Crippen LogP contribution >= 0.6 is 0 Å². The zero-order valence-corrected chi connectivity index (χ0v) is 14.9. The van der Waals surface area contributed by atoms with Gasteiger partial charge in [0.15, 0.2) is 0 Å². The number of carboxylic acid groups (broad SMARTS) is 1. The molecule has 1 aliphatic heterocycles.